The van der Waals surface area contributed by atoms with Crippen molar-refractivity contribution in [1.29, 1.82) is 0 Å². The molecule has 0 amide bonds. The molecule has 0 spiro atoms. The third kappa shape index (κ3) is 7.64. The Bertz CT molecular complexity index is 297. The maximum Gasteiger partial charge on any atom is -0.00858 e. The van der Waals surface area contributed by atoms with E-state index >= 15 is 0 Å². The first-order chi connectivity index (χ1) is 7.79. The molecule has 0 saturated carbocycles. The molecule has 0 heterocycles. The molecule has 84 valence electrons. The number of aryl methyl sites for hydroxylation is 2. The summed E-state index contributed by atoms with van der Waals surface area (Å²) in [6, 6.07) is 21.7. The number of benzene rings is 1. The van der Waals surface area contributed by atoms with E-state index in [0.717, 1.165) is 0 Å². The molecule has 16 heavy (non-hydrogen) atoms. The molecule has 0 aliphatic rings. The first kappa shape index (κ1) is 14.3. The molecule has 2 aromatic carbocycles. The molecule has 0 nitrogen and oxygen atoms in total. The van der Waals surface area contributed by atoms with Crippen LogP contribution in [0.15, 0.2) is 48.5 Å². The lowest BCUT2D eigenvalue weighted by Crippen LogP contribution is -1.62. The van der Waals surface area contributed by atoms with Crippen LogP contribution in [-0.4, -0.2) is 0 Å². The predicted molar refractivity (Wildman–Crippen MR) is 71.4 cm³/mol. The fraction of sp³-hybridized carbons (Fsp3) is 0.250. The second-order valence-corrected chi connectivity index (χ2v) is 3.17. The molecule has 0 aliphatic carbocycles. The van der Waals surface area contributed by atoms with Crippen molar-refractivity contribution in [2.75, 3.05) is 0 Å². The van der Waals surface area contributed by atoms with Crippen molar-refractivity contribution in [2.24, 2.45) is 0 Å². The van der Waals surface area contributed by atoms with Crippen LogP contribution >= 0.6 is 0 Å². The monoisotopic (exact) mass is 212 g/mol. The lowest BCUT2D eigenvalue weighted by atomic mass is 10.2. The topological polar surface area (TPSA) is 0 Å². The summed E-state index contributed by atoms with van der Waals surface area (Å²) < 4.78 is 0. The molecular formula is C16H20. The summed E-state index contributed by atoms with van der Waals surface area (Å²) in [4.78, 5) is 0. The highest BCUT2D eigenvalue weighted by Gasteiger charge is 1.72. The van der Waals surface area contributed by atoms with Gasteiger partial charge in [-0.1, -0.05) is 67.9 Å². The van der Waals surface area contributed by atoms with E-state index in [0.29, 0.717) is 0 Å². The van der Waals surface area contributed by atoms with E-state index in [1.165, 1.54) is 11.1 Å². The standard InChI is InChI=1S/C7H8.C7H6.C2H6/c2*1-7-5-3-2-4-6-7;1-2/h2-6H,1H3;3,5-6H,1H3;1-2H3. The maximum atomic E-state index is 2.84. The van der Waals surface area contributed by atoms with Crippen LogP contribution in [0.2, 0.25) is 0 Å². The molecule has 0 bridgehead atoms. The van der Waals surface area contributed by atoms with Gasteiger partial charge in [0.05, 0.1) is 0 Å². The highest BCUT2D eigenvalue weighted by molar-refractivity contribution is 5.11. The minimum absolute atomic E-state index is 1.23. The van der Waals surface area contributed by atoms with Crippen molar-refractivity contribution in [1.82, 2.24) is 0 Å². The molecule has 0 heteroatoms. The Morgan fingerprint density at radius 3 is 1.62 bits per heavy atom. The predicted octanol–water partition coefficient (Wildman–Crippen LogP) is 4.62. The Balaban J connectivity index is 0.000000244. The minimum atomic E-state index is 1.23. The van der Waals surface area contributed by atoms with Crippen LogP contribution in [-0.2, 0) is 0 Å². The summed E-state index contributed by atoms with van der Waals surface area (Å²) in [5.41, 5.74) is 2.56. The molecule has 0 saturated heterocycles. The van der Waals surface area contributed by atoms with Crippen molar-refractivity contribution in [3.05, 3.63) is 71.8 Å². The zero-order valence-electron chi connectivity index (χ0n) is 10.6. The first-order valence-electron chi connectivity index (χ1n) is 5.65. The normalized spacial score (nSPS) is 7.50. The highest BCUT2D eigenvalue weighted by Crippen LogP contribution is 1.92. The highest BCUT2D eigenvalue weighted by atomic mass is 13.8. The lowest BCUT2D eigenvalue weighted by molar-refractivity contribution is 1.48. The zero-order chi connectivity index (χ0) is 12.2. The smallest absolute Gasteiger partial charge is 0.00858 e. The summed E-state index contributed by atoms with van der Waals surface area (Å²) in [5, 5.41) is 0. The molecular weight excluding hydrogens is 192 g/mol. The van der Waals surface area contributed by atoms with Gasteiger partial charge >= 0.3 is 0 Å². The van der Waals surface area contributed by atoms with E-state index in [-0.39, 0.29) is 0 Å². The summed E-state index contributed by atoms with van der Waals surface area (Å²) >= 11 is 0. The van der Waals surface area contributed by atoms with Gasteiger partial charge in [0.2, 0.25) is 0 Å². The summed E-state index contributed by atoms with van der Waals surface area (Å²) in [6.45, 7) is 8.12. The molecule has 0 unspecified atom stereocenters. The van der Waals surface area contributed by atoms with Crippen LogP contribution in [0.25, 0.3) is 0 Å². The molecule has 0 fully saturated rings. The third-order valence-electron chi connectivity index (χ3n) is 1.75. The van der Waals surface area contributed by atoms with E-state index < -0.39 is 0 Å². The Hall–Kier alpha value is -1.74. The van der Waals surface area contributed by atoms with Crippen molar-refractivity contribution in [2.45, 2.75) is 27.7 Å². The van der Waals surface area contributed by atoms with E-state index in [1.54, 1.807) is 0 Å². The van der Waals surface area contributed by atoms with Gasteiger partial charge in [-0.3, -0.25) is 0 Å². The molecule has 0 N–H and O–H groups in total. The third-order valence-corrected chi connectivity index (χ3v) is 1.75. The van der Waals surface area contributed by atoms with Gasteiger partial charge in [0.25, 0.3) is 0 Å². The molecule has 0 aliphatic heterocycles. The Morgan fingerprint density at radius 1 is 0.750 bits per heavy atom. The van der Waals surface area contributed by atoms with Crippen LogP contribution in [0.5, 0.6) is 0 Å². The van der Waals surface area contributed by atoms with Gasteiger partial charge in [0, 0.05) is 0 Å². The molecule has 2 rings (SSSR count). The maximum absolute atomic E-state index is 2.84. The van der Waals surface area contributed by atoms with Gasteiger partial charge in [-0.05, 0) is 31.5 Å². The average molecular weight is 212 g/mol. The quantitative estimate of drug-likeness (QED) is 0.598. The van der Waals surface area contributed by atoms with E-state index in [4.69, 9.17) is 0 Å². The van der Waals surface area contributed by atoms with Gasteiger partial charge < -0.3 is 0 Å². The number of hydrogen-bond donors (Lipinski definition) is 0. The summed E-state index contributed by atoms with van der Waals surface area (Å²) in [5.74, 6) is 0. The van der Waals surface area contributed by atoms with Crippen molar-refractivity contribution < 1.29 is 0 Å². The summed E-state index contributed by atoms with van der Waals surface area (Å²) in [7, 11) is 0. The van der Waals surface area contributed by atoms with E-state index in [2.05, 4.69) is 31.2 Å². The number of rotatable bonds is 0. The fourth-order valence-corrected chi connectivity index (χ4v) is 0.959. The van der Waals surface area contributed by atoms with Crippen LogP contribution in [0, 0.1) is 26.0 Å². The van der Waals surface area contributed by atoms with Gasteiger partial charge in [0.1, 0.15) is 0 Å². The van der Waals surface area contributed by atoms with Crippen molar-refractivity contribution >= 4 is 0 Å². The van der Waals surface area contributed by atoms with Crippen LogP contribution in [0.3, 0.4) is 0 Å². The fourth-order valence-electron chi connectivity index (χ4n) is 0.959. The van der Waals surface area contributed by atoms with Gasteiger partial charge in [0.15, 0.2) is 0 Å². The zero-order valence-corrected chi connectivity index (χ0v) is 10.6. The minimum Gasteiger partial charge on any atom is -0.0702 e. The van der Waals surface area contributed by atoms with Gasteiger partial charge in [-0.25, -0.2) is 0 Å². The first-order valence-corrected chi connectivity index (χ1v) is 5.65. The van der Waals surface area contributed by atoms with E-state index in [1.807, 2.05) is 57.2 Å². The Morgan fingerprint density at radius 2 is 1.38 bits per heavy atom. The molecule has 0 atom stereocenters. The second kappa shape index (κ2) is 9.80. The van der Waals surface area contributed by atoms with Crippen molar-refractivity contribution in [3.8, 4) is 0 Å². The van der Waals surface area contributed by atoms with E-state index in [9.17, 15) is 0 Å². The lowest BCUT2D eigenvalue weighted by Gasteiger charge is -1.82. The van der Waals surface area contributed by atoms with Gasteiger partial charge in [-0.15, -0.1) is 0 Å². The molecule has 0 aromatic heterocycles. The SMILES string of the molecule is CC.Cc1cc#ccc1.Cc1ccccc1. The largest absolute Gasteiger partial charge is 0.0702 e. The average Bonchev–Trinajstić information content (AvgIpc) is 2.34. The van der Waals surface area contributed by atoms with Crippen LogP contribution < -0.4 is 0 Å². The van der Waals surface area contributed by atoms with Crippen molar-refractivity contribution in [3.63, 3.8) is 0 Å². The molecule has 0 radical (unpaired) electrons. The Labute approximate surface area is 100.0 Å². The van der Waals surface area contributed by atoms with Crippen LogP contribution in [0.1, 0.15) is 25.0 Å². The summed E-state index contributed by atoms with van der Waals surface area (Å²) in [6.07, 6.45) is 0. The number of hydrogen-bond acceptors (Lipinski definition) is 0. The van der Waals surface area contributed by atoms with Gasteiger partial charge in [-0.2, -0.15) is 0 Å². The Kier molecular flexibility index (Phi) is 8.74. The second-order valence-electron chi connectivity index (χ2n) is 3.17. The van der Waals surface area contributed by atoms with Crippen LogP contribution in [0.4, 0.5) is 0 Å². The molecule has 2 aromatic rings.